The summed E-state index contributed by atoms with van der Waals surface area (Å²) in [6.07, 6.45) is 0. The van der Waals surface area contributed by atoms with Gasteiger partial charge in [-0.2, -0.15) is 0 Å². The molecule has 0 fully saturated rings. The van der Waals surface area contributed by atoms with Crippen LogP contribution in [0.3, 0.4) is 0 Å². The predicted octanol–water partition coefficient (Wildman–Crippen LogP) is 15.3. The van der Waals surface area contributed by atoms with Gasteiger partial charge in [0.15, 0.2) is 0 Å². The molecule has 0 unspecified atom stereocenters. The zero-order valence-corrected chi connectivity index (χ0v) is 34.5. The highest BCUT2D eigenvalue weighted by molar-refractivity contribution is 6.00. The van der Waals surface area contributed by atoms with E-state index in [-0.39, 0.29) is 0 Å². The molecule has 1 heteroatoms. The third kappa shape index (κ3) is 5.15. The molecule has 2 aliphatic rings. The summed E-state index contributed by atoms with van der Waals surface area (Å²) in [7, 11) is 0. The summed E-state index contributed by atoms with van der Waals surface area (Å²) in [5.74, 6) is 0. The minimum Gasteiger partial charge on any atom is -0.310 e. The molecule has 0 aromatic heterocycles. The average Bonchev–Trinajstić information content (AvgIpc) is 3.80. The number of rotatable bonds is 7. The third-order valence-corrected chi connectivity index (χ3v) is 13.7. The van der Waals surface area contributed by atoms with E-state index < -0.39 is 10.8 Å². The van der Waals surface area contributed by atoms with Crippen molar-refractivity contribution < 1.29 is 0 Å². The monoisotopic (exact) mass is 789 g/mol. The fourth-order valence-corrected chi connectivity index (χ4v) is 11.2. The lowest BCUT2D eigenvalue weighted by atomic mass is 9.64. The van der Waals surface area contributed by atoms with Gasteiger partial charge in [-0.05, 0) is 139 Å². The molecule has 1 spiro atoms. The van der Waals surface area contributed by atoms with Crippen LogP contribution in [0.25, 0.3) is 33.0 Å². The maximum Gasteiger partial charge on any atom is 0.0726 e. The van der Waals surface area contributed by atoms with Gasteiger partial charge in [-0.25, -0.2) is 0 Å². The number of aryl methyl sites for hydroxylation is 1. The van der Waals surface area contributed by atoms with Crippen molar-refractivity contribution in [1.82, 2.24) is 0 Å². The molecule has 292 valence electrons. The topological polar surface area (TPSA) is 3.24 Å². The van der Waals surface area contributed by atoms with Crippen LogP contribution in [-0.2, 0) is 10.8 Å². The molecule has 10 aromatic rings. The van der Waals surface area contributed by atoms with E-state index in [2.05, 4.69) is 254 Å². The molecular formula is C61H43N. The van der Waals surface area contributed by atoms with Gasteiger partial charge >= 0.3 is 0 Å². The van der Waals surface area contributed by atoms with Gasteiger partial charge < -0.3 is 4.90 Å². The van der Waals surface area contributed by atoms with Crippen molar-refractivity contribution >= 4 is 27.8 Å². The first-order valence-corrected chi connectivity index (χ1v) is 21.7. The molecule has 0 bridgehead atoms. The van der Waals surface area contributed by atoms with E-state index in [4.69, 9.17) is 0 Å². The molecular weight excluding hydrogens is 747 g/mol. The van der Waals surface area contributed by atoms with Gasteiger partial charge in [-0.3, -0.25) is 0 Å². The number of para-hydroxylation sites is 1. The SMILES string of the molecule is Cc1ccc(N(c2ccccc2)c2ccc3c(c2)C2(c4ccccc4-c4ccccc42)c2cc4ccccc4cc2-3)cc1C(c1ccccc1)(c1ccccc1)c1ccccc1. The lowest BCUT2D eigenvalue weighted by Gasteiger charge is -2.39. The molecule has 0 saturated carbocycles. The molecule has 1 nitrogen and oxygen atoms in total. The van der Waals surface area contributed by atoms with Gasteiger partial charge in [0.05, 0.1) is 10.8 Å². The second-order valence-corrected chi connectivity index (χ2v) is 16.8. The highest BCUT2D eigenvalue weighted by atomic mass is 15.1. The van der Waals surface area contributed by atoms with Gasteiger partial charge in [0.25, 0.3) is 0 Å². The second kappa shape index (κ2) is 14.2. The van der Waals surface area contributed by atoms with Crippen molar-refractivity contribution in [2.75, 3.05) is 4.90 Å². The van der Waals surface area contributed by atoms with Gasteiger partial charge in [0.1, 0.15) is 0 Å². The van der Waals surface area contributed by atoms with E-state index in [1.807, 2.05) is 0 Å². The van der Waals surface area contributed by atoms with Crippen LogP contribution < -0.4 is 4.90 Å². The Morgan fingerprint density at radius 3 is 1.34 bits per heavy atom. The van der Waals surface area contributed by atoms with E-state index >= 15 is 0 Å². The standard InChI is InChI=1S/C61H43N/c1-42-34-35-49(40-57(42)60(45-22-6-2-7-23-45,46-24-8-3-9-25-46)47-26-10-4-11-27-47)62(48-28-12-5-13-29-48)50-36-37-53-54-38-43-20-14-15-21-44(43)39-58(54)61(59(53)41-50)55-32-18-16-30-51(55)52-31-17-19-33-56(52)61/h2-41H,1H3. The molecule has 2 aliphatic carbocycles. The Kier molecular flexibility index (Phi) is 8.27. The minimum atomic E-state index is -0.588. The van der Waals surface area contributed by atoms with E-state index in [0.29, 0.717) is 0 Å². The summed E-state index contributed by atoms with van der Waals surface area (Å²) < 4.78 is 0. The molecule has 0 radical (unpaired) electrons. The Hall–Kier alpha value is -7.74. The second-order valence-electron chi connectivity index (χ2n) is 16.8. The van der Waals surface area contributed by atoms with Crippen molar-refractivity contribution in [3.05, 3.63) is 293 Å². The van der Waals surface area contributed by atoms with E-state index in [1.54, 1.807) is 0 Å². The first-order valence-electron chi connectivity index (χ1n) is 21.7. The summed E-state index contributed by atoms with van der Waals surface area (Å²) in [5, 5.41) is 2.52. The van der Waals surface area contributed by atoms with Crippen molar-refractivity contribution in [3.8, 4) is 22.3 Å². The first kappa shape index (κ1) is 36.1. The van der Waals surface area contributed by atoms with E-state index in [0.717, 1.165) is 17.1 Å². The maximum absolute atomic E-state index is 2.50. The van der Waals surface area contributed by atoms with Gasteiger partial charge in [0.2, 0.25) is 0 Å². The largest absolute Gasteiger partial charge is 0.310 e. The number of hydrogen-bond acceptors (Lipinski definition) is 1. The number of anilines is 3. The Morgan fingerprint density at radius 1 is 0.323 bits per heavy atom. The van der Waals surface area contributed by atoms with Crippen LogP contribution in [0.1, 0.15) is 50.1 Å². The number of benzene rings is 10. The van der Waals surface area contributed by atoms with Crippen molar-refractivity contribution in [2.45, 2.75) is 17.8 Å². The van der Waals surface area contributed by atoms with Crippen molar-refractivity contribution in [3.63, 3.8) is 0 Å². The number of hydrogen-bond donors (Lipinski definition) is 0. The summed E-state index contributed by atoms with van der Waals surface area (Å²) in [5.41, 5.74) is 19.0. The van der Waals surface area contributed by atoms with Crippen LogP contribution in [0.5, 0.6) is 0 Å². The minimum absolute atomic E-state index is 0.484. The molecule has 10 aromatic carbocycles. The molecule has 0 aliphatic heterocycles. The Labute approximate surface area is 363 Å². The molecule has 62 heavy (non-hydrogen) atoms. The van der Waals surface area contributed by atoms with Gasteiger partial charge in [-0.15, -0.1) is 0 Å². The van der Waals surface area contributed by atoms with Crippen LogP contribution in [0.15, 0.2) is 243 Å². The fraction of sp³-hybridized carbons (Fsp3) is 0.0492. The quantitative estimate of drug-likeness (QED) is 0.145. The summed E-state index contributed by atoms with van der Waals surface area (Å²) in [4.78, 5) is 2.47. The summed E-state index contributed by atoms with van der Waals surface area (Å²) in [6.45, 7) is 2.27. The summed E-state index contributed by atoms with van der Waals surface area (Å²) in [6, 6.07) is 90.3. The smallest absolute Gasteiger partial charge is 0.0726 e. The van der Waals surface area contributed by atoms with Crippen LogP contribution in [0.4, 0.5) is 17.1 Å². The number of fused-ring (bicyclic) bond motifs is 11. The Bertz CT molecular complexity index is 3150. The van der Waals surface area contributed by atoms with Gasteiger partial charge in [0, 0.05) is 17.1 Å². The van der Waals surface area contributed by atoms with Crippen molar-refractivity contribution in [1.29, 1.82) is 0 Å². The molecule has 0 saturated heterocycles. The Morgan fingerprint density at radius 2 is 0.758 bits per heavy atom. The van der Waals surface area contributed by atoms with Crippen molar-refractivity contribution in [2.24, 2.45) is 0 Å². The van der Waals surface area contributed by atoms with Crippen LogP contribution in [0, 0.1) is 6.92 Å². The maximum atomic E-state index is 2.50. The zero-order valence-electron chi connectivity index (χ0n) is 34.5. The molecule has 12 rings (SSSR count). The normalized spacial score (nSPS) is 13.0. The lowest BCUT2D eigenvalue weighted by molar-refractivity contribution is 0.738. The fourth-order valence-electron chi connectivity index (χ4n) is 11.2. The molecule has 0 atom stereocenters. The van der Waals surface area contributed by atoms with E-state index in [9.17, 15) is 0 Å². The third-order valence-electron chi connectivity index (χ3n) is 13.7. The zero-order chi connectivity index (χ0) is 41.3. The predicted molar refractivity (Wildman–Crippen MR) is 258 cm³/mol. The Balaban J connectivity index is 1.14. The van der Waals surface area contributed by atoms with Crippen LogP contribution in [0.2, 0.25) is 0 Å². The van der Waals surface area contributed by atoms with E-state index in [1.165, 1.54) is 83.1 Å². The highest BCUT2D eigenvalue weighted by Crippen LogP contribution is 2.64. The molecule has 0 amide bonds. The van der Waals surface area contributed by atoms with Crippen LogP contribution in [-0.4, -0.2) is 0 Å². The lowest BCUT2D eigenvalue weighted by Crippen LogP contribution is -2.32. The van der Waals surface area contributed by atoms with Crippen LogP contribution >= 0.6 is 0 Å². The first-order chi connectivity index (χ1) is 30.7. The molecule has 0 heterocycles. The van der Waals surface area contributed by atoms with Gasteiger partial charge in [-0.1, -0.05) is 194 Å². The number of nitrogens with zero attached hydrogens (tertiary/aromatic N) is 1. The highest BCUT2D eigenvalue weighted by Gasteiger charge is 2.52. The molecule has 0 N–H and O–H groups in total. The summed E-state index contributed by atoms with van der Waals surface area (Å²) >= 11 is 0. The average molecular weight is 790 g/mol.